The average molecular weight is 525 g/mol. The lowest BCUT2D eigenvalue weighted by molar-refractivity contribution is 0.0189. The molecular weight excluding hydrogens is 489 g/mol. The summed E-state index contributed by atoms with van der Waals surface area (Å²) in [6.45, 7) is 4.35. The standard InChI is InChI=1S/C32H35F3O3/c1-3-5-6-7-21-8-10-23(11-9-21)26-17-18-27(31(35)30(26)34)32(36)38-25-15-12-22(13-16-25)24-14-19-29(37-4-2)28(33)20-24/h8-11,14,17-20,22,25H,3-7,12-13,15-16H2,1-2H3. The molecule has 0 aromatic heterocycles. The number of carbonyl (C=O) groups is 1. The van der Waals surface area contributed by atoms with Gasteiger partial charge in [0.15, 0.2) is 23.2 Å². The number of hydrogen-bond acceptors (Lipinski definition) is 3. The summed E-state index contributed by atoms with van der Waals surface area (Å²) >= 11 is 0. The van der Waals surface area contributed by atoms with E-state index in [1.54, 1.807) is 25.1 Å². The fourth-order valence-electron chi connectivity index (χ4n) is 5.13. The molecule has 0 aliphatic heterocycles. The van der Waals surface area contributed by atoms with E-state index < -0.39 is 29.3 Å². The van der Waals surface area contributed by atoms with E-state index >= 15 is 0 Å². The zero-order valence-corrected chi connectivity index (χ0v) is 22.1. The molecule has 38 heavy (non-hydrogen) atoms. The van der Waals surface area contributed by atoms with Gasteiger partial charge in [-0.3, -0.25) is 0 Å². The normalized spacial score (nSPS) is 17.3. The molecule has 1 saturated carbocycles. The minimum atomic E-state index is -1.20. The van der Waals surface area contributed by atoms with Crippen molar-refractivity contribution in [2.75, 3.05) is 6.61 Å². The van der Waals surface area contributed by atoms with Gasteiger partial charge in [-0.2, -0.15) is 0 Å². The molecule has 3 aromatic rings. The summed E-state index contributed by atoms with van der Waals surface area (Å²) in [5, 5.41) is 0. The molecule has 202 valence electrons. The third-order valence-electron chi connectivity index (χ3n) is 7.31. The number of unbranched alkanes of at least 4 members (excludes halogenated alkanes) is 2. The molecule has 1 aliphatic rings. The van der Waals surface area contributed by atoms with Crippen LogP contribution in [0.2, 0.25) is 0 Å². The Morgan fingerprint density at radius 3 is 2.26 bits per heavy atom. The number of benzene rings is 3. The van der Waals surface area contributed by atoms with Gasteiger partial charge in [0.05, 0.1) is 12.2 Å². The van der Waals surface area contributed by atoms with E-state index in [-0.39, 0.29) is 23.0 Å². The summed E-state index contributed by atoms with van der Waals surface area (Å²) in [6.07, 6.45) is 6.49. The van der Waals surface area contributed by atoms with Crippen molar-refractivity contribution >= 4 is 5.97 Å². The van der Waals surface area contributed by atoms with Gasteiger partial charge < -0.3 is 9.47 Å². The highest BCUT2D eigenvalue weighted by atomic mass is 19.2. The number of ether oxygens (including phenoxy) is 2. The molecule has 0 atom stereocenters. The number of carbonyl (C=O) groups excluding carboxylic acids is 1. The van der Waals surface area contributed by atoms with Gasteiger partial charge >= 0.3 is 5.97 Å². The zero-order chi connectivity index (χ0) is 27.1. The Kier molecular flexibility index (Phi) is 9.48. The molecule has 1 fully saturated rings. The number of halogens is 3. The van der Waals surface area contributed by atoms with Crippen LogP contribution in [-0.4, -0.2) is 18.7 Å². The van der Waals surface area contributed by atoms with Crippen LogP contribution in [0.4, 0.5) is 13.2 Å². The van der Waals surface area contributed by atoms with Crippen LogP contribution >= 0.6 is 0 Å². The molecule has 0 unspecified atom stereocenters. The number of hydrogen-bond donors (Lipinski definition) is 0. The van der Waals surface area contributed by atoms with E-state index in [1.807, 2.05) is 18.2 Å². The largest absolute Gasteiger partial charge is 0.491 e. The monoisotopic (exact) mass is 524 g/mol. The van der Waals surface area contributed by atoms with Crippen LogP contribution in [0.5, 0.6) is 5.75 Å². The fourth-order valence-corrected chi connectivity index (χ4v) is 5.13. The van der Waals surface area contributed by atoms with Crippen molar-refractivity contribution in [3.05, 3.63) is 88.7 Å². The predicted octanol–water partition coefficient (Wildman–Crippen LogP) is 8.79. The molecule has 0 saturated heterocycles. The van der Waals surface area contributed by atoms with E-state index in [2.05, 4.69) is 6.92 Å². The summed E-state index contributed by atoms with van der Waals surface area (Å²) in [4.78, 5) is 12.7. The maximum Gasteiger partial charge on any atom is 0.341 e. The molecular formula is C32H35F3O3. The Bertz CT molecular complexity index is 1230. The molecule has 1 aliphatic carbocycles. The summed E-state index contributed by atoms with van der Waals surface area (Å²) in [5.74, 6) is -3.13. The first kappa shape index (κ1) is 27.7. The van der Waals surface area contributed by atoms with Gasteiger partial charge in [-0.15, -0.1) is 0 Å². The summed E-state index contributed by atoms with van der Waals surface area (Å²) < 4.78 is 54.9. The molecule has 3 nitrogen and oxygen atoms in total. The van der Waals surface area contributed by atoms with E-state index in [1.165, 1.54) is 18.2 Å². The van der Waals surface area contributed by atoms with E-state index in [0.717, 1.165) is 36.8 Å². The van der Waals surface area contributed by atoms with Gasteiger partial charge in [-0.25, -0.2) is 18.0 Å². The SMILES string of the molecule is CCCCCc1ccc(-c2ccc(C(=O)OC3CCC(c4ccc(OCC)c(F)c4)CC3)c(F)c2F)cc1. The second-order valence-electron chi connectivity index (χ2n) is 9.94. The molecule has 0 N–H and O–H groups in total. The van der Waals surface area contributed by atoms with Crippen LogP contribution in [0.25, 0.3) is 11.1 Å². The van der Waals surface area contributed by atoms with Crippen LogP contribution < -0.4 is 4.74 Å². The number of esters is 1. The molecule has 4 rings (SSSR count). The summed E-state index contributed by atoms with van der Waals surface area (Å²) in [5.41, 5.74) is 2.31. The van der Waals surface area contributed by atoms with Crippen molar-refractivity contribution < 1.29 is 27.4 Å². The van der Waals surface area contributed by atoms with Crippen LogP contribution in [0.3, 0.4) is 0 Å². The number of aryl methyl sites for hydroxylation is 1. The first-order valence-corrected chi connectivity index (χ1v) is 13.6. The smallest absolute Gasteiger partial charge is 0.341 e. The Morgan fingerprint density at radius 2 is 1.61 bits per heavy atom. The highest BCUT2D eigenvalue weighted by molar-refractivity contribution is 5.90. The van der Waals surface area contributed by atoms with Crippen molar-refractivity contribution in [1.82, 2.24) is 0 Å². The van der Waals surface area contributed by atoms with E-state index in [0.29, 0.717) is 37.9 Å². The van der Waals surface area contributed by atoms with Crippen molar-refractivity contribution in [1.29, 1.82) is 0 Å². The highest BCUT2D eigenvalue weighted by Gasteiger charge is 2.28. The summed E-state index contributed by atoms with van der Waals surface area (Å²) in [7, 11) is 0. The molecule has 0 spiro atoms. The first-order valence-electron chi connectivity index (χ1n) is 13.6. The van der Waals surface area contributed by atoms with Crippen LogP contribution in [-0.2, 0) is 11.2 Å². The summed E-state index contributed by atoms with van der Waals surface area (Å²) in [6, 6.07) is 15.2. The Hall–Kier alpha value is -3.28. The Balaban J connectivity index is 1.36. The molecule has 6 heteroatoms. The van der Waals surface area contributed by atoms with Crippen molar-refractivity contribution in [2.45, 2.75) is 77.2 Å². The van der Waals surface area contributed by atoms with Gasteiger partial charge in [0, 0.05) is 5.56 Å². The second-order valence-corrected chi connectivity index (χ2v) is 9.94. The minimum absolute atomic E-state index is 0.113. The maximum atomic E-state index is 15.0. The van der Waals surface area contributed by atoms with Crippen LogP contribution in [0, 0.1) is 17.5 Å². The average Bonchev–Trinajstić information content (AvgIpc) is 2.92. The Labute approximate surface area is 223 Å². The first-order chi connectivity index (χ1) is 18.4. The third kappa shape index (κ3) is 6.58. The Morgan fingerprint density at radius 1 is 0.868 bits per heavy atom. The fraction of sp³-hybridized carbons (Fsp3) is 0.406. The molecule has 0 radical (unpaired) electrons. The van der Waals surface area contributed by atoms with Crippen molar-refractivity contribution in [2.24, 2.45) is 0 Å². The van der Waals surface area contributed by atoms with Gasteiger partial charge in [-0.05, 0) is 86.3 Å². The highest BCUT2D eigenvalue weighted by Crippen LogP contribution is 2.36. The minimum Gasteiger partial charge on any atom is -0.491 e. The molecule has 0 amide bonds. The van der Waals surface area contributed by atoms with E-state index in [4.69, 9.17) is 9.47 Å². The maximum absolute atomic E-state index is 15.0. The number of rotatable bonds is 10. The molecule has 0 heterocycles. The van der Waals surface area contributed by atoms with Crippen molar-refractivity contribution in [3.63, 3.8) is 0 Å². The lowest BCUT2D eigenvalue weighted by Crippen LogP contribution is -2.24. The quantitative estimate of drug-likeness (QED) is 0.196. The van der Waals surface area contributed by atoms with Crippen molar-refractivity contribution in [3.8, 4) is 16.9 Å². The van der Waals surface area contributed by atoms with Gasteiger partial charge in [0.2, 0.25) is 0 Å². The topological polar surface area (TPSA) is 35.5 Å². The predicted molar refractivity (Wildman–Crippen MR) is 143 cm³/mol. The van der Waals surface area contributed by atoms with Gasteiger partial charge in [0.1, 0.15) is 6.10 Å². The van der Waals surface area contributed by atoms with Crippen LogP contribution in [0.15, 0.2) is 54.6 Å². The van der Waals surface area contributed by atoms with Gasteiger partial charge in [-0.1, -0.05) is 56.2 Å². The van der Waals surface area contributed by atoms with E-state index in [9.17, 15) is 18.0 Å². The third-order valence-corrected chi connectivity index (χ3v) is 7.31. The molecule has 0 bridgehead atoms. The lowest BCUT2D eigenvalue weighted by Gasteiger charge is -2.28. The van der Waals surface area contributed by atoms with Crippen LogP contribution in [0.1, 0.15) is 86.2 Å². The van der Waals surface area contributed by atoms with Gasteiger partial charge in [0.25, 0.3) is 0 Å². The molecule has 3 aromatic carbocycles. The lowest BCUT2D eigenvalue weighted by atomic mass is 9.82. The second kappa shape index (κ2) is 13.0. The zero-order valence-electron chi connectivity index (χ0n) is 22.1.